The van der Waals surface area contributed by atoms with E-state index in [0.717, 1.165) is 5.56 Å². The van der Waals surface area contributed by atoms with Crippen molar-refractivity contribution >= 4 is 16.0 Å². The van der Waals surface area contributed by atoms with E-state index in [9.17, 15) is 18.3 Å². The molecular weight excluding hydrogens is 294 g/mol. The molecule has 2 N–H and O–H groups in total. The third kappa shape index (κ3) is 3.36. The number of rotatable bonds is 6. The van der Waals surface area contributed by atoms with Gasteiger partial charge in [-0.05, 0) is 29.7 Å². The van der Waals surface area contributed by atoms with Crippen LogP contribution in [-0.2, 0) is 21.2 Å². The van der Waals surface area contributed by atoms with Crippen molar-refractivity contribution in [2.24, 2.45) is 5.92 Å². The van der Waals surface area contributed by atoms with E-state index in [1.807, 2.05) is 6.92 Å². The van der Waals surface area contributed by atoms with Crippen LogP contribution in [0.4, 0.5) is 0 Å². The predicted octanol–water partition coefficient (Wildman–Crippen LogP) is 1.40. The zero-order valence-corrected chi connectivity index (χ0v) is 12.8. The number of sulfonamides is 1. The lowest BCUT2D eigenvalue weighted by Crippen LogP contribution is -2.44. The Balaban J connectivity index is 2.27. The van der Waals surface area contributed by atoms with E-state index >= 15 is 0 Å². The van der Waals surface area contributed by atoms with Gasteiger partial charge in [0.05, 0.1) is 11.5 Å². The molecule has 6 nitrogen and oxygen atoms in total. The lowest BCUT2D eigenvalue weighted by molar-refractivity contribution is -0.140. The molecule has 116 valence electrons. The van der Waals surface area contributed by atoms with Crippen LogP contribution in [0.3, 0.4) is 0 Å². The third-order valence-electron chi connectivity index (χ3n) is 3.73. The van der Waals surface area contributed by atoms with E-state index in [-0.39, 0.29) is 10.8 Å². The van der Waals surface area contributed by atoms with Gasteiger partial charge in [0, 0.05) is 6.42 Å². The summed E-state index contributed by atoms with van der Waals surface area (Å²) in [6.45, 7) is 4.07. The minimum Gasteiger partial charge on any atom is -0.493 e. The van der Waals surface area contributed by atoms with Crippen LogP contribution in [-0.4, -0.2) is 32.1 Å². The highest BCUT2D eigenvalue weighted by atomic mass is 32.2. The molecule has 0 fully saturated rings. The van der Waals surface area contributed by atoms with Crippen molar-refractivity contribution < 1.29 is 23.1 Å². The van der Waals surface area contributed by atoms with Crippen molar-refractivity contribution in [2.45, 2.75) is 37.6 Å². The van der Waals surface area contributed by atoms with Crippen molar-refractivity contribution in [3.05, 3.63) is 23.8 Å². The Hall–Kier alpha value is -1.60. The predicted molar refractivity (Wildman–Crippen MR) is 76.8 cm³/mol. The lowest BCUT2D eigenvalue weighted by Gasteiger charge is -2.20. The summed E-state index contributed by atoms with van der Waals surface area (Å²) in [5.74, 6) is -0.780. The van der Waals surface area contributed by atoms with Crippen molar-refractivity contribution in [3.63, 3.8) is 0 Å². The first-order chi connectivity index (χ1) is 9.85. The van der Waals surface area contributed by atoms with Crippen LogP contribution in [0, 0.1) is 5.92 Å². The number of ether oxygens (including phenoxy) is 1. The smallest absolute Gasteiger partial charge is 0.322 e. The van der Waals surface area contributed by atoms with Crippen LogP contribution in [0.15, 0.2) is 23.1 Å². The fourth-order valence-electron chi connectivity index (χ4n) is 2.21. The fourth-order valence-corrected chi connectivity index (χ4v) is 3.56. The summed E-state index contributed by atoms with van der Waals surface area (Å²) in [7, 11) is -3.87. The number of aliphatic carboxylic acids is 1. The van der Waals surface area contributed by atoms with Crippen LogP contribution >= 0.6 is 0 Å². The third-order valence-corrected chi connectivity index (χ3v) is 5.17. The molecule has 0 aromatic heterocycles. The Morgan fingerprint density at radius 3 is 2.81 bits per heavy atom. The zero-order valence-electron chi connectivity index (χ0n) is 12.0. The molecule has 0 radical (unpaired) electrons. The second-order valence-electron chi connectivity index (χ2n) is 5.19. The molecule has 0 aliphatic carbocycles. The molecule has 1 heterocycles. The largest absolute Gasteiger partial charge is 0.493 e. The van der Waals surface area contributed by atoms with E-state index in [1.165, 1.54) is 6.07 Å². The molecule has 0 bridgehead atoms. The lowest BCUT2D eigenvalue weighted by atomic mass is 10.0. The summed E-state index contributed by atoms with van der Waals surface area (Å²) < 4.78 is 32.3. The van der Waals surface area contributed by atoms with E-state index in [0.29, 0.717) is 25.2 Å². The molecule has 21 heavy (non-hydrogen) atoms. The van der Waals surface area contributed by atoms with Gasteiger partial charge in [0.15, 0.2) is 0 Å². The summed E-state index contributed by atoms with van der Waals surface area (Å²) in [6.07, 6.45) is 1.23. The zero-order chi connectivity index (χ0) is 15.6. The Kier molecular flexibility index (Phi) is 4.53. The average Bonchev–Trinajstić information content (AvgIpc) is 2.91. The van der Waals surface area contributed by atoms with Crippen molar-refractivity contribution in [3.8, 4) is 5.75 Å². The van der Waals surface area contributed by atoms with E-state index < -0.39 is 22.0 Å². The minimum atomic E-state index is -3.87. The molecule has 1 aromatic carbocycles. The monoisotopic (exact) mass is 313 g/mol. The molecule has 0 saturated heterocycles. The molecule has 1 aliphatic rings. The highest BCUT2D eigenvalue weighted by molar-refractivity contribution is 7.89. The quantitative estimate of drug-likeness (QED) is 0.828. The standard InChI is InChI=1S/C14H19NO5S/c1-3-9(2)13(14(16)17)15-21(18,19)11-4-5-12-10(8-11)6-7-20-12/h4-5,8-9,13,15H,3,6-7H2,1-2H3,(H,16,17)/t9-,13-/m0/s1. The average molecular weight is 313 g/mol. The van der Waals surface area contributed by atoms with Crippen LogP contribution < -0.4 is 9.46 Å². The Labute approximate surface area is 124 Å². The van der Waals surface area contributed by atoms with Gasteiger partial charge in [-0.3, -0.25) is 4.79 Å². The molecular formula is C14H19NO5S. The number of carboxylic acids is 1. The second kappa shape index (κ2) is 6.03. The van der Waals surface area contributed by atoms with Crippen LogP contribution in [0.2, 0.25) is 0 Å². The summed E-state index contributed by atoms with van der Waals surface area (Å²) in [5.41, 5.74) is 0.827. The molecule has 2 atom stereocenters. The number of fused-ring (bicyclic) bond motifs is 1. The van der Waals surface area contributed by atoms with Gasteiger partial charge in [-0.15, -0.1) is 0 Å². The number of benzene rings is 1. The topological polar surface area (TPSA) is 92.7 Å². The summed E-state index contributed by atoms with van der Waals surface area (Å²) in [5, 5.41) is 9.19. The summed E-state index contributed by atoms with van der Waals surface area (Å²) >= 11 is 0. The van der Waals surface area contributed by atoms with Gasteiger partial charge in [0.1, 0.15) is 11.8 Å². The molecule has 0 spiro atoms. The van der Waals surface area contributed by atoms with Crippen molar-refractivity contribution in [2.75, 3.05) is 6.61 Å². The van der Waals surface area contributed by atoms with Crippen LogP contribution in [0.25, 0.3) is 0 Å². The number of carbonyl (C=O) groups is 1. The van der Waals surface area contributed by atoms with E-state index in [4.69, 9.17) is 4.74 Å². The van der Waals surface area contributed by atoms with Gasteiger partial charge < -0.3 is 9.84 Å². The molecule has 1 aromatic rings. The number of hydrogen-bond donors (Lipinski definition) is 2. The van der Waals surface area contributed by atoms with Gasteiger partial charge in [-0.25, -0.2) is 8.42 Å². The Morgan fingerprint density at radius 2 is 2.19 bits per heavy atom. The van der Waals surface area contributed by atoms with Crippen molar-refractivity contribution in [1.82, 2.24) is 4.72 Å². The maximum absolute atomic E-state index is 12.4. The summed E-state index contributed by atoms with van der Waals surface area (Å²) in [6, 6.07) is 3.45. The summed E-state index contributed by atoms with van der Waals surface area (Å²) in [4.78, 5) is 11.3. The first-order valence-corrected chi connectivity index (χ1v) is 8.34. The first-order valence-electron chi connectivity index (χ1n) is 6.86. The number of carboxylic acid groups (broad SMARTS) is 1. The van der Waals surface area contributed by atoms with Crippen LogP contribution in [0.1, 0.15) is 25.8 Å². The molecule has 1 aliphatic heterocycles. The second-order valence-corrected chi connectivity index (χ2v) is 6.90. The maximum atomic E-state index is 12.4. The SMILES string of the molecule is CC[C@H](C)[C@H](NS(=O)(=O)c1ccc2c(c1)CCO2)C(=O)O. The Bertz CT molecular complexity index is 641. The van der Waals surface area contributed by atoms with E-state index in [1.54, 1.807) is 19.1 Å². The van der Waals surface area contributed by atoms with Gasteiger partial charge in [-0.2, -0.15) is 4.72 Å². The molecule has 0 saturated carbocycles. The molecule has 7 heteroatoms. The maximum Gasteiger partial charge on any atom is 0.322 e. The highest BCUT2D eigenvalue weighted by Crippen LogP contribution is 2.27. The Morgan fingerprint density at radius 1 is 1.48 bits per heavy atom. The first kappa shape index (κ1) is 15.8. The number of nitrogens with one attached hydrogen (secondary N) is 1. The fraction of sp³-hybridized carbons (Fsp3) is 0.500. The van der Waals surface area contributed by atoms with Gasteiger partial charge in [0.25, 0.3) is 0 Å². The van der Waals surface area contributed by atoms with Crippen LogP contribution in [0.5, 0.6) is 5.75 Å². The van der Waals surface area contributed by atoms with Gasteiger partial charge in [0.2, 0.25) is 10.0 Å². The van der Waals surface area contributed by atoms with E-state index in [2.05, 4.69) is 4.72 Å². The molecule has 2 rings (SSSR count). The normalized spacial score (nSPS) is 16.9. The molecule has 0 amide bonds. The highest BCUT2D eigenvalue weighted by Gasteiger charge is 2.30. The minimum absolute atomic E-state index is 0.0707. The molecule has 0 unspecified atom stereocenters. The van der Waals surface area contributed by atoms with Gasteiger partial charge in [-0.1, -0.05) is 20.3 Å². The van der Waals surface area contributed by atoms with Gasteiger partial charge >= 0.3 is 5.97 Å². The number of hydrogen-bond acceptors (Lipinski definition) is 4. The van der Waals surface area contributed by atoms with Crippen molar-refractivity contribution in [1.29, 1.82) is 0 Å².